The fraction of sp³-hybridized carbons (Fsp3) is 0.200. The van der Waals surface area contributed by atoms with Gasteiger partial charge in [-0.05, 0) is 19.4 Å². The molecule has 0 bridgehead atoms. The minimum absolute atomic E-state index is 0.00454. The van der Waals surface area contributed by atoms with Crippen LogP contribution in [0, 0.1) is 12.7 Å². The summed E-state index contributed by atoms with van der Waals surface area (Å²) in [7, 11) is 0. The molecule has 23 heavy (non-hydrogen) atoms. The Bertz CT molecular complexity index is 854. The highest BCUT2D eigenvalue weighted by Gasteiger charge is 2.08. The zero-order valence-electron chi connectivity index (χ0n) is 12.4. The predicted octanol–water partition coefficient (Wildman–Crippen LogP) is 0.594. The number of hydrogen-bond acceptors (Lipinski definition) is 4. The summed E-state index contributed by atoms with van der Waals surface area (Å²) in [6.45, 7) is 1.58. The van der Waals surface area contributed by atoms with Crippen LogP contribution in [0.2, 0.25) is 0 Å². The summed E-state index contributed by atoms with van der Waals surface area (Å²) in [5.41, 5.74) is 2.15. The van der Waals surface area contributed by atoms with Gasteiger partial charge in [0.25, 0.3) is 5.56 Å². The van der Waals surface area contributed by atoms with Crippen LogP contribution in [0.25, 0.3) is 0 Å². The summed E-state index contributed by atoms with van der Waals surface area (Å²) in [5.74, 6) is -0.872. The molecular formula is C15H15FN4O3. The number of nitrogens with one attached hydrogen (secondary N) is 3. The van der Waals surface area contributed by atoms with Gasteiger partial charge in [-0.1, -0.05) is 18.2 Å². The molecule has 7 nitrogen and oxygen atoms in total. The van der Waals surface area contributed by atoms with E-state index in [1.165, 1.54) is 18.3 Å². The van der Waals surface area contributed by atoms with Crippen molar-refractivity contribution in [2.24, 2.45) is 5.10 Å². The third-order valence-corrected chi connectivity index (χ3v) is 3.16. The van der Waals surface area contributed by atoms with Crippen molar-refractivity contribution in [2.45, 2.75) is 19.8 Å². The van der Waals surface area contributed by atoms with Crippen molar-refractivity contribution < 1.29 is 9.18 Å². The first-order valence-corrected chi connectivity index (χ1v) is 6.86. The monoisotopic (exact) mass is 318 g/mol. The summed E-state index contributed by atoms with van der Waals surface area (Å²) in [6.07, 6.45) is 1.36. The first-order chi connectivity index (χ1) is 11.0. The largest absolute Gasteiger partial charge is 0.325 e. The lowest BCUT2D eigenvalue weighted by molar-refractivity contribution is -0.121. The summed E-state index contributed by atoms with van der Waals surface area (Å²) in [5, 5.41) is 3.67. The number of halogens is 1. The number of rotatable bonds is 5. The molecule has 0 fully saturated rings. The van der Waals surface area contributed by atoms with Crippen molar-refractivity contribution in [3.8, 4) is 0 Å². The molecule has 0 saturated heterocycles. The molecule has 3 N–H and O–H groups in total. The highest BCUT2D eigenvalue weighted by Crippen LogP contribution is 2.03. The number of hydrazone groups is 1. The topological polar surface area (TPSA) is 107 Å². The number of hydrogen-bond donors (Lipinski definition) is 3. The molecule has 120 valence electrons. The van der Waals surface area contributed by atoms with Gasteiger partial charge in [-0.25, -0.2) is 14.6 Å². The summed E-state index contributed by atoms with van der Waals surface area (Å²) in [4.78, 5) is 38.9. The van der Waals surface area contributed by atoms with Crippen LogP contribution in [0.3, 0.4) is 0 Å². The molecule has 8 heteroatoms. The van der Waals surface area contributed by atoms with Gasteiger partial charge in [-0.2, -0.15) is 5.10 Å². The molecule has 0 aliphatic carbocycles. The van der Waals surface area contributed by atoms with E-state index in [-0.39, 0.29) is 18.4 Å². The molecule has 1 amide bonds. The Balaban J connectivity index is 1.93. The first kappa shape index (κ1) is 16.3. The second-order valence-corrected chi connectivity index (χ2v) is 4.83. The van der Waals surface area contributed by atoms with Crippen LogP contribution in [0.1, 0.15) is 23.2 Å². The van der Waals surface area contributed by atoms with Crippen LogP contribution in [-0.2, 0) is 11.2 Å². The maximum absolute atomic E-state index is 13.3. The minimum Gasteiger partial charge on any atom is -0.311 e. The van der Waals surface area contributed by atoms with Crippen LogP contribution in [0.4, 0.5) is 4.39 Å². The average molecular weight is 318 g/mol. The summed E-state index contributed by atoms with van der Waals surface area (Å²) >= 11 is 0. The molecule has 2 aromatic rings. The molecule has 2 rings (SSSR count). The highest BCUT2D eigenvalue weighted by molar-refractivity contribution is 5.82. The Kier molecular flexibility index (Phi) is 5.19. The first-order valence-electron chi connectivity index (χ1n) is 6.86. The van der Waals surface area contributed by atoms with Crippen LogP contribution < -0.4 is 16.7 Å². The lowest BCUT2D eigenvalue weighted by Crippen LogP contribution is -2.28. The van der Waals surface area contributed by atoms with E-state index in [0.717, 1.165) is 0 Å². The number of benzene rings is 1. The lowest BCUT2D eigenvalue weighted by atomic mass is 10.1. The van der Waals surface area contributed by atoms with Crippen molar-refractivity contribution >= 4 is 12.1 Å². The number of aromatic amines is 2. The standard InChI is InChI=1S/C15H15FN4O3/c1-9-11(14(22)19-15(23)18-9)6-7-13(21)20-17-8-10-4-2-3-5-12(10)16/h2-5,8H,6-7H2,1H3,(H,20,21)(H2,18,19,22,23)/b17-8+. The fourth-order valence-electron chi connectivity index (χ4n) is 1.97. The summed E-state index contributed by atoms with van der Waals surface area (Å²) < 4.78 is 13.3. The molecule has 0 unspecified atom stereocenters. The normalized spacial score (nSPS) is 10.9. The Morgan fingerprint density at radius 3 is 2.74 bits per heavy atom. The molecule has 0 aliphatic heterocycles. The second kappa shape index (κ2) is 7.30. The van der Waals surface area contributed by atoms with Gasteiger partial charge in [0.1, 0.15) is 5.82 Å². The number of aromatic nitrogens is 2. The zero-order chi connectivity index (χ0) is 16.8. The smallest absolute Gasteiger partial charge is 0.311 e. The van der Waals surface area contributed by atoms with E-state index in [1.54, 1.807) is 19.1 Å². The SMILES string of the molecule is Cc1[nH]c(=O)[nH]c(=O)c1CCC(=O)N/N=C/c1ccccc1F. The molecule has 0 spiro atoms. The summed E-state index contributed by atoms with van der Waals surface area (Å²) in [6, 6.07) is 6.01. The molecule has 1 aromatic heterocycles. The van der Waals surface area contributed by atoms with E-state index in [4.69, 9.17) is 0 Å². The molecule has 0 saturated carbocycles. The van der Waals surface area contributed by atoms with Gasteiger partial charge in [0.2, 0.25) is 5.91 Å². The average Bonchev–Trinajstić information content (AvgIpc) is 2.48. The maximum Gasteiger partial charge on any atom is 0.325 e. The molecule has 0 aliphatic rings. The van der Waals surface area contributed by atoms with Crippen molar-refractivity contribution in [3.05, 3.63) is 67.7 Å². The van der Waals surface area contributed by atoms with Crippen molar-refractivity contribution in [3.63, 3.8) is 0 Å². The van der Waals surface area contributed by atoms with E-state index < -0.39 is 23.0 Å². The number of H-pyrrole nitrogens is 2. The lowest BCUT2D eigenvalue weighted by Gasteiger charge is -2.03. The van der Waals surface area contributed by atoms with Crippen LogP contribution in [0.5, 0.6) is 0 Å². The Labute approximate surface area is 130 Å². The number of carbonyl (C=O) groups is 1. The number of amides is 1. The van der Waals surface area contributed by atoms with E-state index in [1.807, 2.05) is 0 Å². The number of carbonyl (C=O) groups excluding carboxylic acids is 1. The van der Waals surface area contributed by atoms with Crippen LogP contribution >= 0.6 is 0 Å². The Morgan fingerprint density at radius 2 is 2.04 bits per heavy atom. The Hall–Kier alpha value is -3.03. The van der Waals surface area contributed by atoms with Gasteiger partial charge in [0.15, 0.2) is 0 Å². The predicted molar refractivity (Wildman–Crippen MR) is 82.9 cm³/mol. The third-order valence-electron chi connectivity index (χ3n) is 3.16. The van der Waals surface area contributed by atoms with Crippen LogP contribution in [0.15, 0.2) is 39.0 Å². The van der Waals surface area contributed by atoms with E-state index in [0.29, 0.717) is 11.3 Å². The van der Waals surface area contributed by atoms with Crippen molar-refractivity contribution in [2.75, 3.05) is 0 Å². The van der Waals surface area contributed by atoms with Gasteiger partial charge in [0, 0.05) is 23.2 Å². The van der Waals surface area contributed by atoms with Gasteiger partial charge < -0.3 is 4.98 Å². The molecule has 1 heterocycles. The van der Waals surface area contributed by atoms with Gasteiger partial charge >= 0.3 is 5.69 Å². The molecule has 0 radical (unpaired) electrons. The van der Waals surface area contributed by atoms with Gasteiger partial charge in [-0.15, -0.1) is 0 Å². The van der Waals surface area contributed by atoms with E-state index >= 15 is 0 Å². The van der Waals surface area contributed by atoms with Crippen molar-refractivity contribution in [1.29, 1.82) is 0 Å². The number of nitrogens with zero attached hydrogens (tertiary/aromatic N) is 1. The maximum atomic E-state index is 13.3. The van der Waals surface area contributed by atoms with Gasteiger partial charge in [-0.3, -0.25) is 14.6 Å². The fourth-order valence-corrected chi connectivity index (χ4v) is 1.97. The van der Waals surface area contributed by atoms with Crippen LogP contribution in [-0.4, -0.2) is 22.1 Å². The minimum atomic E-state index is -0.588. The molecular weight excluding hydrogens is 303 g/mol. The second-order valence-electron chi connectivity index (χ2n) is 4.83. The van der Waals surface area contributed by atoms with E-state index in [9.17, 15) is 18.8 Å². The van der Waals surface area contributed by atoms with Crippen molar-refractivity contribution in [1.82, 2.24) is 15.4 Å². The third kappa shape index (κ3) is 4.47. The van der Waals surface area contributed by atoms with Gasteiger partial charge in [0.05, 0.1) is 6.21 Å². The Morgan fingerprint density at radius 1 is 1.30 bits per heavy atom. The van der Waals surface area contributed by atoms with E-state index in [2.05, 4.69) is 20.5 Å². The molecule has 0 atom stereocenters. The molecule has 1 aromatic carbocycles. The number of aryl methyl sites for hydroxylation is 1. The zero-order valence-corrected chi connectivity index (χ0v) is 12.4. The highest BCUT2D eigenvalue weighted by atomic mass is 19.1. The quantitative estimate of drug-likeness (QED) is 0.555.